The molecule has 5 heteroatoms. The number of carbonyl (C=O) groups excluding carboxylic acids is 1. The van der Waals surface area contributed by atoms with Crippen molar-refractivity contribution < 1.29 is 4.79 Å². The molecule has 0 saturated carbocycles. The second-order valence-corrected chi connectivity index (χ2v) is 6.04. The van der Waals surface area contributed by atoms with Crippen molar-refractivity contribution in [1.29, 1.82) is 0 Å². The Balaban J connectivity index is 0.00000200. The highest BCUT2D eigenvalue weighted by molar-refractivity contribution is 9.10. The van der Waals surface area contributed by atoms with Crippen LogP contribution in [0, 0.1) is 5.92 Å². The maximum absolute atomic E-state index is 11.7. The van der Waals surface area contributed by atoms with Gasteiger partial charge in [-0.25, -0.2) is 0 Å². The summed E-state index contributed by atoms with van der Waals surface area (Å²) in [5.74, 6) is 0.899. The van der Waals surface area contributed by atoms with Gasteiger partial charge < -0.3 is 10.6 Å². The fourth-order valence-corrected chi connectivity index (χ4v) is 2.86. The third-order valence-corrected chi connectivity index (χ3v) is 4.06. The Bertz CT molecular complexity index is 422. The normalized spacial score (nSPS) is 17.6. The monoisotopic (exact) mass is 360 g/mol. The van der Waals surface area contributed by atoms with E-state index in [0.29, 0.717) is 6.42 Å². The van der Waals surface area contributed by atoms with Crippen molar-refractivity contribution in [1.82, 2.24) is 10.6 Å². The predicted molar refractivity (Wildman–Crippen MR) is 88.3 cm³/mol. The molecule has 2 N–H and O–H groups in total. The Morgan fingerprint density at radius 1 is 1.45 bits per heavy atom. The lowest BCUT2D eigenvalue weighted by molar-refractivity contribution is -0.121. The molecular weight excluding hydrogens is 340 g/mol. The molecule has 0 aliphatic carbocycles. The summed E-state index contributed by atoms with van der Waals surface area (Å²) in [5, 5.41) is 6.36. The molecule has 20 heavy (non-hydrogen) atoms. The molecule has 1 saturated heterocycles. The van der Waals surface area contributed by atoms with Crippen LogP contribution in [0.2, 0.25) is 0 Å². The van der Waals surface area contributed by atoms with Gasteiger partial charge in [-0.15, -0.1) is 12.4 Å². The number of nitrogens with one attached hydrogen (secondary N) is 2. The molecule has 0 radical (unpaired) electrons. The lowest BCUT2D eigenvalue weighted by Gasteiger charge is -2.09. The number of halogens is 2. The minimum atomic E-state index is 0. The zero-order valence-corrected chi connectivity index (χ0v) is 13.9. The van der Waals surface area contributed by atoms with Crippen LogP contribution in [0.25, 0.3) is 0 Å². The van der Waals surface area contributed by atoms with E-state index in [9.17, 15) is 4.79 Å². The third kappa shape index (κ3) is 6.25. The molecule has 2 rings (SSSR count). The van der Waals surface area contributed by atoms with Gasteiger partial charge in [0.15, 0.2) is 0 Å². The molecule has 0 bridgehead atoms. The van der Waals surface area contributed by atoms with Crippen molar-refractivity contribution in [2.24, 2.45) is 5.92 Å². The molecule has 3 nitrogen and oxygen atoms in total. The van der Waals surface area contributed by atoms with Crippen molar-refractivity contribution in [3.05, 3.63) is 34.3 Å². The van der Waals surface area contributed by atoms with E-state index in [1.165, 1.54) is 12.0 Å². The van der Waals surface area contributed by atoms with E-state index in [1.54, 1.807) is 0 Å². The van der Waals surface area contributed by atoms with Gasteiger partial charge in [-0.1, -0.05) is 28.1 Å². The minimum absolute atomic E-state index is 0. The van der Waals surface area contributed by atoms with Gasteiger partial charge in [-0.05, 0) is 56.0 Å². The molecule has 112 valence electrons. The molecule has 0 aromatic heterocycles. The molecule has 1 amide bonds. The van der Waals surface area contributed by atoms with Crippen LogP contribution >= 0.6 is 28.3 Å². The average Bonchev–Trinajstić information content (AvgIpc) is 2.90. The van der Waals surface area contributed by atoms with Gasteiger partial charge in [-0.2, -0.15) is 0 Å². The van der Waals surface area contributed by atoms with Gasteiger partial charge in [0.25, 0.3) is 0 Å². The quantitative estimate of drug-likeness (QED) is 0.818. The first-order valence-corrected chi connectivity index (χ1v) is 7.75. The second kappa shape index (κ2) is 9.37. The molecular formula is C15H22BrClN2O. The molecule has 1 heterocycles. The van der Waals surface area contributed by atoms with Crippen LogP contribution in [0.15, 0.2) is 28.7 Å². The fourth-order valence-electron chi connectivity index (χ4n) is 2.42. The van der Waals surface area contributed by atoms with Crippen molar-refractivity contribution in [2.75, 3.05) is 19.6 Å². The SMILES string of the molecule is Cl.O=C(CCc1cccc(Br)c1)NCCC1CCNC1. The Morgan fingerprint density at radius 3 is 3.00 bits per heavy atom. The number of carbonyl (C=O) groups is 1. The van der Waals surface area contributed by atoms with Crippen LogP contribution in [0.5, 0.6) is 0 Å². The highest BCUT2D eigenvalue weighted by Crippen LogP contribution is 2.13. The molecule has 1 unspecified atom stereocenters. The highest BCUT2D eigenvalue weighted by atomic mass is 79.9. The standard InChI is InChI=1S/C15H21BrN2O.ClH/c16-14-3-1-2-12(10-14)4-5-15(19)18-9-7-13-6-8-17-11-13;/h1-3,10,13,17H,4-9,11H2,(H,18,19);1H. The second-order valence-electron chi connectivity index (χ2n) is 5.13. The summed E-state index contributed by atoms with van der Waals surface area (Å²) in [5.41, 5.74) is 1.20. The maximum Gasteiger partial charge on any atom is 0.220 e. The Hall–Kier alpha value is -0.580. The van der Waals surface area contributed by atoms with Gasteiger partial charge in [0.1, 0.15) is 0 Å². The van der Waals surface area contributed by atoms with Crippen molar-refractivity contribution in [3.8, 4) is 0 Å². The molecule has 1 aliphatic rings. The van der Waals surface area contributed by atoms with Gasteiger partial charge in [0.2, 0.25) is 5.91 Å². The smallest absolute Gasteiger partial charge is 0.220 e. The van der Waals surface area contributed by atoms with E-state index in [-0.39, 0.29) is 18.3 Å². The van der Waals surface area contributed by atoms with E-state index in [2.05, 4.69) is 38.7 Å². The van der Waals surface area contributed by atoms with Gasteiger partial charge in [0.05, 0.1) is 0 Å². The minimum Gasteiger partial charge on any atom is -0.356 e. The van der Waals surface area contributed by atoms with Crippen LogP contribution in [-0.4, -0.2) is 25.5 Å². The lowest BCUT2D eigenvalue weighted by Crippen LogP contribution is -2.26. The third-order valence-electron chi connectivity index (χ3n) is 3.57. The summed E-state index contributed by atoms with van der Waals surface area (Å²) >= 11 is 3.44. The Kier molecular flexibility index (Phi) is 8.19. The zero-order chi connectivity index (χ0) is 13.5. The predicted octanol–water partition coefficient (Wildman–Crippen LogP) is 2.92. The van der Waals surface area contributed by atoms with E-state index in [0.717, 1.165) is 42.9 Å². The summed E-state index contributed by atoms with van der Waals surface area (Å²) in [7, 11) is 0. The summed E-state index contributed by atoms with van der Waals surface area (Å²) < 4.78 is 1.07. The molecule has 0 spiro atoms. The molecule has 1 fully saturated rings. The average molecular weight is 362 g/mol. The van der Waals surface area contributed by atoms with E-state index in [1.807, 2.05) is 12.1 Å². The highest BCUT2D eigenvalue weighted by Gasteiger charge is 2.13. The van der Waals surface area contributed by atoms with Crippen LogP contribution in [0.4, 0.5) is 0 Å². The first-order chi connectivity index (χ1) is 9.24. The number of amides is 1. The van der Waals surface area contributed by atoms with Gasteiger partial charge >= 0.3 is 0 Å². The van der Waals surface area contributed by atoms with E-state index in [4.69, 9.17) is 0 Å². The Morgan fingerprint density at radius 2 is 2.30 bits per heavy atom. The summed E-state index contributed by atoms with van der Waals surface area (Å²) in [4.78, 5) is 11.7. The number of hydrogen-bond acceptors (Lipinski definition) is 2. The Labute approximate surface area is 135 Å². The van der Waals surface area contributed by atoms with Crippen LogP contribution in [-0.2, 0) is 11.2 Å². The number of hydrogen-bond donors (Lipinski definition) is 2. The number of rotatable bonds is 6. The van der Waals surface area contributed by atoms with Crippen LogP contribution < -0.4 is 10.6 Å². The topological polar surface area (TPSA) is 41.1 Å². The molecule has 1 aliphatic heterocycles. The number of benzene rings is 1. The zero-order valence-electron chi connectivity index (χ0n) is 11.5. The molecule has 1 atom stereocenters. The van der Waals surface area contributed by atoms with Crippen molar-refractivity contribution in [2.45, 2.75) is 25.7 Å². The first kappa shape index (κ1) is 17.5. The van der Waals surface area contributed by atoms with Crippen LogP contribution in [0.3, 0.4) is 0 Å². The molecule has 1 aromatic carbocycles. The van der Waals surface area contributed by atoms with Gasteiger partial charge in [0, 0.05) is 17.4 Å². The van der Waals surface area contributed by atoms with Gasteiger partial charge in [-0.3, -0.25) is 4.79 Å². The molecule has 1 aromatic rings. The summed E-state index contributed by atoms with van der Waals surface area (Å²) in [6, 6.07) is 8.13. The summed E-state index contributed by atoms with van der Waals surface area (Å²) in [6.45, 7) is 3.04. The summed E-state index contributed by atoms with van der Waals surface area (Å²) in [6.07, 6.45) is 3.71. The first-order valence-electron chi connectivity index (χ1n) is 6.96. The number of aryl methyl sites for hydroxylation is 1. The van der Waals surface area contributed by atoms with E-state index >= 15 is 0 Å². The largest absolute Gasteiger partial charge is 0.356 e. The van der Waals surface area contributed by atoms with E-state index < -0.39 is 0 Å². The van der Waals surface area contributed by atoms with Crippen molar-refractivity contribution >= 4 is 34.2 Å². The van der Waals surface area contributed by atoms with Crippen molar-refractivity contribution in [3.63, 3.8) is 0 Å². The lowest BCUT2D eigenvalue weighted by atomic mass is 10.1. The fraction of sp³-hybridized carbons (Fsp3) is 0.533. The van der Waals surface area contributed by atoms with Crippen LogP contribution in [0.1, 0.15) is 24.8 Å². The maximum atomic E-state index is 11.7.